The van der Waals surface area contributed by atoms with Crippen LogP contribution in [-0.2, 0) is 0 Å². The molecule has 0 aliphatic carbocycles. The Kier molecular flexibility index (Phi) is 5.11. The van der Waals surface area contributed by atoms with Gasteiger partial charge in [0, 0.05) is 11.6 Å². The van der Waals surface area contributed by atoms with Crippen LogP contribution in [0, 0.1) is 13.8 Å². The second-order valence-corrected chi connectivity index (χ2v) is 7.57. The molecule has 0 N–H and O–H groups in total. The van der Waals surface area contributed by atoms with Crippen molar-refractivity contribution < 1.29 is 18.4 Å². The summed E-state index contributed by atoms with van der Waals surface area (Å²) in [4.78, 5) is 30.1. The number of esters is 1. The third-order valence-corrected chi connectivity index (χ3v) is 5.32. The highest BCUT2D eigenvalue weighted by atomic mass is 16.5. The second kappa shape index (κ2) is 8.24. The van der Waals surface area contributed by atoms with E-state index in [0.29, 0.717) is 33.9 Å². The number of hydrogen-bond donors (Lipinski definition) is 0. The van der Waals surface area contributed by atoms with Gasteiger partial charge in [0.2, 0.25) is 11.3 Å². The monoisotopic (exact) mass is 437 g/mol. The molecule has 162 valence electrons. The predicted molar refractivity (Wildman–Crippen MR) is 124 cm³/mol. The summed E-state index contributed by atoms with van der Waals surface area (Å²) in [7, 11) is 0. The molecular weight excluding hydrogens is 418 g/mol. The van der Waals surface area contributed by atoms with Gasteiger partial charge >= 0.3 is 5.97 Å². The molecule has 5 aromatic rings. The van der Waals surface area contributed by atoms with Gasteiger partial charge < -0.3 is 13.6 Å². The Hall–Kier alpha value is -4.45. The van der Waals surface area contributed by atoms with Crippen molar-refractivity contribution in [3.05, 3.63) is 106 Å². The largest absolute Gasteiger partial charge is 0.460 e. The average molecular weight is 437 g/mol. The fourth-order valence-corrected chi connectivity index (χ4v) is 3.73. The molecule has 6 nitrogen and oxygen atoms in total. The summed E-state index contributed by atoms with van der Waals surface area (Å²) < 4.78 is 17.1. The lowest BCUT2D eigenvalue weighted by Gasteiger charge is -2.08. The van der Waals surface area contributed by atoms with E-state index in [0.717, 1.165) is 11.1 Å². The summed E-state index contributed by atoms with van der Waals surface area (Å²) >= 11 is 0. The molecule has 0 saturated heterocycles. The normalized spacial score (nSPS) is 11.0. The van der Waals surface area contributed by atoms with Gasteiger partial charge in [0.25, 0.3) is 0 Å². The standard InChI is InChI=1S/C27H19NO5/c1-16-23(18-9-5-3-6-10-18)25(29)21-14-13-20(15-22(21)31-16)33-27(30)24-17(2)32-26(28-24)19-11-7-4-8-12-19/h3-15H,1-2H3. The van der Waals surface area contributed by atoms with Crippen molar-refractivity contribution in [2.45, 2.75) is 13.8 Å². The fourth-order valence-electron chi connectivity index (χ4n) is 3.73. The molecule has 0 aliphatic heterocycles. The van der Waals surface area contributed by atoms with Crippen LogP contribution in [0.1, 0.15) is 22.0 Å². The first-order chi connectivity index (χ1) is 16.0. The fraction of sp³-hybridized carbons (Fsp3) is 0.0741. The SMILES string of the molecule is Cc1oc(-c2ccccc2)nc1C(=O)Oc1ccc2c(=O)c(-c3ccccc3)c(C)oc2c1. The van der Waals surface area contributed by atoms with Crippen LogP contribution in [0.15, 0.2) is 92.5 Å². The van der Waals surface area contributed by atoms with Crippen molar-refractivity contribution in [3.63, 3.8) is 0 Å². The highest BCUT2D eigenvalue weighted by Gasteiger charge is 2.21. The maximum atomic E-state index is 13.1. The molecule has 0 amide bonds. The lowest BCUT2D eigenvalue weighted by Crippen LogP contribution is -2.11. The zero-order valence-corrected chi connectivity index (χ0v) is 18.0. The molecule has 0 spiro atoms. The van der Waals surface area contributed by atoms with Crippen LogP contribution in [0.5, 0.6) is 5.75 Å². The Balaban J connectivity index is 1.46. The second-order valence-electron chi connectivity index (χ2n) is 7.57. The van der Waals surface area contributed by atoms with Crippen LogP contribution in [0.25, 0.3) is 33.6 Å². The molecule has 0 atom stereocenters. The third-order valence-electron chi connectivity index (χ3n) is 5.32. The Morgan fingerprint density at radius 2 is 1.48 bits per heavy atom. The molecule has 5 rings (SSSR count). The van der Waals surface area contributed by atoms with Gasteiger partial charge in [-0.25, -0.2) is 9.78 Å². The molecule has 2 aromatic heterocycles. The highest BCUT2D eigenvalue weighted by Crippen LogP contribution is 2.27. The maximum Gasteiger partial charge on any atom is 0.366 e. The van der Waals surface area contributed by atoms with Gasteiger partial charge in [-0.3, -0.25) is 4.79 Å². The quantitative estimate of drug-likeness (QED) is 0.255. The number of nitrogens with zero attached hydrogens (tertiary/aromatic N) is 1. The molecule has 33 heavy (non-hydrogen) atoms. The molecule has 3 aromatic carbocycles. The topological polar surface area (TPSA) is 82.5 Å². The number of benzene rings is 3. The summed E-state index contributed by atoms with van der Waals surface area (Å²) in [5.74, 6) is 0.772. The van der Waals surface area contributed by atoms with Gasteiger partial charge in [-0.15, -0.1) is 0 Å². The zero-order valence-electron chi connectivity index (χ0n) is 18.0. The molecule has 0 aliphatic rings. The summed E-state index contributed by atoms with van der Waals surface area (Å²) in [6.07, 6.45) is 0. The van der Waals surface area contributed by atoms with Crippen molar-refractivity contribution in [3.8, 4) is 28.3 Å². The Bertz CT molecular complexity index is 1530. The number of oxazole rings is 1. The van der Waals surface area contributed by atoms with E-state index < -0.39 is 5.97 Å². The van der Waals surface area contributed by atoms with E-state index in [1.54, 1.807) is 26.0 Å². The van der Waals surface area contributed by atoms with Crippen LogP contribution in [-0.4, -0.2) is 11.0 Å². The van der Waals surface area contributed by atoms with E-state index in [4.69, 9.17) is 13.6 Å². The van der Waals surface area contributed by atoms with Crippen molar-refractivity contribution in [2.24, 2.45) is 0 Å². The number of aryl methyl sites for hydroxylation is 2. The molecule has 2 heterocycles. The Morgan fingerprint density at radius 3 is 2.18 bits per heavy atom. The van der Waals surface area contributed by atoms with Crippen LogP contribution < -0.4 is 10.2 Å². The summed E-state index contributed by atoms with van der Waals surface area (Å²) in [5, 5.41) is 0.406. The van der Waals surface area contributed by atoms with Gasteiger partial charge in [0.15, 0.2) is 5.69 Å². The average Bonchev–Trinajstić information content (AvgIpc) is 3.22. The van der Waals surface area contributed by atoms with E-state index >= 15 is 0 Å². The Morgan fingerprint density at radius 1 is 0.818 bits per heavy atom. The number of ether oxygens (including phenoxy) is 1. The first-order valence-corrected chi connectivity index (χ1v) is 10.4. The van der Waals surface area contributed by atoms with Crippen molar-refractivity contribution >= 4 is 16.9 Å². The minimum absolute atomic E-state index is 0.0889. The number of fused-ring (bicyclic) bond motifs is 1. The number of hydrogen-bond acceptors (Lipinski definition) is 6. The van der Waals surface area contributed by atoms with Gasteiger partial charge in [-0.1, -0.05) is 48.5 Å². The van der Waals surface area contributed by atoms with Gasteiger partial charge in [-0.05, 0) is 43.7 Å². The number of carbonyl (C=O) groups is 1. The van der Waals surface area contributed by atoms with Crippen molar-refractivity contribution in [2.75, 3.05) is 0 Å². The number of carbonyl (C=O) groups excluding carboxylic acids is 1. The first kappa shape index (κ1) is 20.5. The molecule has 0 bridgehead atoms. The van der Waals surface area contributed by atoms with Gasteiger partial charge in [0.1, 0.15) is 22.9 Å². The van der Waals surface area contributed by atoms with Crippen LogP contribution in [0.2, 0.25) is 0 Å². The highest BCUT2D eigenvalue weighted by molar-refractivity contribution is 5.91. The summed E-state index contributed by atoms with van der Waals surface area (Å²) in [6, 6.07) is 23.4. The van der Waals surface area contributed by atoms with Crippen LogP contribution in [0.4, 0.5) is 0 Å². The summed E-state index contributed by atoms with van der Waals surface area (Å²) in [5.41, 5.74) is 2.35. The van der Waals surface area contributed by atoms with Gasteiger partial charge in [-0.2, -0.15) is 0 Å². The molecule has 6 heteroatoms. The Labute approximate surface area is 189 Å². The number of aromatic nitrogens is 1. The smallest absolute Gasteiger partial charge is 0.366 e. The lowest BCUT2D eigenvalue weighted by atomic mass is 10.0. The van der Waals surface area contributed by atoms with Crippen molar-refractivity contribution in [1.29, 1.82) is 0 Å². The predicted octanol–water partition coefficient (Wildman–Crippen LogP) is 5.95. The molecule has 0 unspecified atom stereocenters. The molecule has 0 fully saturated rings. The first-order valence-electron chi connectivity index (χ1n) is 10.4. The van der Waals surface area contributed by atoms with E-state index in [9.17, 15) is 9.59 Å². The van der Waals surface area contributed by atoms with E-state index in [1.807, 2.05) is 60.7 Å². The minimum Gasteiger partial charge on any atom is -0.460 e. The van der Waals surface area contributed by atoms with Crippen molar-refractivity contribution in [1.82, 2.24) is 4.98 Å². The molecule has 0 radical (unpaired) electrons. The minimum atomic E-state index is -0.655. The number of rotatable bonds is 4. The molecular formula is C27H19NO5. The van der Waals surface area contributed by atoms with E-state index in [1.165, 1.54) is 6.07 Å². The van der Waals surface area contributed by atoms with E-state index in [2.05, 4.69) is 4.98 Å². The lowest BCUT2D eigenvalue weighted by molar-refractivity contribution is 0.0727. The van der Waals surface area contributed by atoms with Crippen LogP contribution >= 0.6 is 0 Å². The zero-order chi connectivity index (χ0) is 22.9. The van der Waals surface area contributed by atoms with E-state index in [-0.39, 0.29) is 16.9 Å². The molecule has 0 saturated carbocycles. The summed E-state index contributed by atoms with van der Waals surface area (Å²) in [6.45, 7) is 3.40. The maximum absolute atomic E-state index is 13.1. The van der Waals surface area contributed by atoms with Crippen LogP contribution in [0.3, 0.4) is 0 Å². The third kappa shape index (κ3) is 3.83. The van der Waals surface area contributed by atoms with Gasteiger partial charge in [0.05, 0.1) is 10.9 Å².